The van der Waals surface area contributed by atoms with Gasteiger partial charge in [0, 0.05) is 40.9 Å². The van der Waals surface area contributed by atoms with Gasteiger partial charge < -0.3 is 9.84 Å². The number of hydrogen-bond acceptors (Lipinski definition) is 4. The maximum Gasteiger partial charge on any atom is 0.333 e. The zero-order chi connectivity index (χ0) is 29.8. The summed E-state index contributed by atoms with van der Waals surface area (Å²) in [6.45, 7) is 32.7. The highest BCUT2D eigenvalue weighted by molar-refractivity contribution is 6.79. The lowest BCUT2D eigenvalue weighted by Gasteiger charge is -2.28. The van der Waals surface area contributed by atoms with Crippen molar-refractivity contribution in [2.24, 2.45) is 0 Å². The molecular formula is C28H53ClO5Si3. The van der Waals surface area contributed by atoms with E-state index in [-0.39, 0.29) is 16.8 Å². The first-order valence-electron chi connectivity index (χ1n) is 13.1. The molecule has 0 heterocycles. The lowest BCUT2D eigenvalue weighted by Crippen LogP contribution is -2.33. The van der Waals surface area contributed by atoms with E-state index in [1.54, 1.807) is 0 Å². The van der Waals surface area contributed by atoms with E-state index in [0.29, 0.717) is 22.8 Å². The first-order valence-corrected chi connectivity index (χ1v) is 24.6. The van der Waals surface area contributed by atoms with Crippen LogP contribution >= 0.6 is 11.6 Å². The number of carbonyl (C=O) groups excluding carboxylic acids is 2. The minimum atomic E-state index is -1.27. The monoisotopic (exact) mass is 588 g/mol. The number of carbonyl (C=O) groups is 3. The van der Waals surface area contributed by atoms with Gasteiger partial charge in [-0.15, -0.1) is 0 Å². The summed E-state index contributed by atoms with van der Waals surface area (Å²) in [6, 6.07) is 2.32. The molecule has 0 atom stereocenters. The van der Waals surface area contributed by atoms with E-state index in [2.05, 4.69) is 85.6 Å². The Kier molecular flexibility index (Phi) is 16.4. The Morgan fingerprint density at radius 1 is 0.757 bits per heavy atom. The topological polar surface area (TPSA) is 80.7 Å². The van der Waals surface area contributed by atoms with Crippen LogP contribution in [-0.2, 0) is 19.1 Å². The van der Waals surface area contributed by atoms with Gasteiger partial charge in [0.05, 0.1) is 0 Å². The van der Waals surface area contributed by atoms with Crippen molar-refractivity contribution in [3.63, 3.8) is 0 Å². The lowest BCUT2D eigenvalue weighted by atomic mass is 9.99. The Hall–Kier alpha value is -1.23. The molecule has 0 spiro atoms. The molecule has 0 aromatic carbocycles. The van der Waals surface area contributed by atoms with Crippen LogP contribution in [0.3, 0.4) is 0 Å². The van der Waals surface area contributed by atoms with Gasteiger partial charge in [-0.1, -0.05) is 85.6 Å². The van der Waals surface area contributed by atoms with Gasteiger partial charge in [-0.3, -0.25) is 4.79 Å². The number of carboxylic acids is 1. The van der Waals surface area contributed by atoms with Crippen LogP contribution in [0.5, 0.6) is 0 Å². The second-order valence-electron chi connectivity index (χ2n) is 13.7. The Labute approximate surface area is 234 Å². The van der Waals surface area contributed by atoms with Crippen LogP contribution in [0.2, 0.25) is 77.1 Å². The van der Waals surface area contributed by atoms with Crippen LogP contribution in [0.4, 0.5) is 0 Å². The average Bonchev–Trinajstić information content (AvgIpc) is 3.14. The van der Waals surface area contributed by atoms with E-state index >= 15 is 0 Å². The minimum absolute atomic E-state index is 0.156. The second-order valence-corrected chi connectivity index (χ2v) is 30.5. The highest BCUT2D eigenvalue weighted by atomic mass is 35.5. The molecular weight excluding hydrogens is 536 g/mol. The smallest absolute Gasteiger partial charge is 0.333 e. The highest BCUT2D eigenvalue weighted by Gasteiger charge is 2.36. The molecule has 0 amide bonds. The van der Waals surface area contributed by atoms with Gasteiger partial charge in [0.15, 0.2) is 0 Å². The molecule has 0 aromatic rings. The number of allylic oxidation sites excluding steroid dienone is 1. The Morgan fingerprint density at radius 3 is 1.35 bits per heavy atom. The standard InChI is InChI=1S/C14H26O2Si.C7H13ClOSi.C7H14O2Si/c1-6-14(9-7-8-10-14)16-13(15)12(2)11-17(3,4)5;2*1-6(7(8)9)5-10(2,3)4/h2,6-11H2,1,3-5H3;1,5H2,2-4H3;1,5H2,2-4H3,(H,8,9). The van der Waals surface area contributed by atoms with E-state index in [1.165, 1.54) is 12.8 Å². The summed E-state index contributed by atoms with van der Waals surface area (Å²) < 4.78 is 5.74. The summed E-state index contributed by atoms with van der Waals surface area (Å²) in [5, 5.41) is 8.08. The molecule has 1 rings (SSSR count). The van der Waals surface area contributed by atoms with Gasteiger partial charge in [-0.25, -0.2) is 9.59 Å². The minimum Gasteiger partial charge on any atom is -0.478 e. The number of esters is 1. The fourth-order valence-corrected chi connectivity index (χ4v) is 8.43. The van der Waals surface area contributed by atoms with Crippen molar-refractivity contribution < 1.29 is 24.2 Å². The van der Waals surface area contributed by atoms with Gasteiger partial charge in [-0.2, -0.15) is 0 Å². The molecule has 1 aliphatic rings. The summed E-state index contributed by atoms with van der Waals surface area (Å²) in [7, 11) is -3.73. The Balaban J connectivity index is 0. The van der Waals surface area contributed by atoms with Gasteiger partial charge in [0.2, 0.25) is 5.24 Å². The molecule has 1 aliphatic carbocycles. The first-order chi connectivity index (χ1) is 16.4. The normalized spacial score (nSPS) is 14.8. The Morgan fingerprint density at radius 2 is 1.11 bits per heavy atom. The van der Waals surface area contributed by atoms with Crippen molar-refractivity contribution in [1.29, 1.82) is 0 Å². The van der Waals surface area contributed by atoms with Crippen LogP contribution in [-0.4, -0.2) is 52.1 Å². The third-order valence-electron chi connectivity index (χ3n) is 5.57. The van der Waals surface area contributed by atoms with E-state index in [0.717, 1.165) is 31.4 Å². The van der Waals surface area contributed by atoms with E-state index < -0.39 is 30.2 Å². The molecule has 0 unspecified atom stereocenters. The van der Waals surface area contributed by atoms with Crippen LogP contribution in [0.15, 0.2) is 36.5 Å². The number of carboxylic acid groups (broad SMARTS) is 1. The van der Waals surface area contributed by atoms with Crippen LogP contribution in [0.1, 0.15) is 39.0 Å². The third kappa shape index (κ3) is 20.4. The largest absolute Gasteiger partial charge is 0.478 e. The number of ether oxygens (including phenoxy) is 1. The predicted molar refractivity (Wildman–Crippen MR) is 168 cm³/mol. The molecule has 37 heavy (non-hydrogen) atoms. The first kappa shape index (κ1) is 37.9. The van der Waals surface area contributed by atoms with Gasteiger partial charge in [0.1, 0.15) is 5.60 Å². The maximum atomic E-state index is 12.0. The number of hydrogen-bond donors (Lipinski definition) is 1. The van der Waals surface area contributed by atoms with Crippen molar-refractivity contribution in [3.8, 4) is 0 Å². The fraction of sp³-hybridized carbons (Fsp3) is 0.679. The summed E-state index contributed by atoms with van der Waals surface area (Å²) in [5.74, 6) is -1.02. The third-order valence-corrected chi connectivity index (χ3v) is 10.3. The van der Waals surface area contributed by atoms with E-state index in [1.807, 2.05) is 0 Å². The fourth-order valence-electron chi connectivity index (χ4n) is 3.95. The molecule has 0 aliphatic heterocycles. The quantitative estimate of drug-likeness (QED) is 0.113. The average molecular weight is 589 g/mol. The lowest BCUT2D eigenvalue weighted by molar-refractivity contribution is -0.154. The van der Waals surface area contributed by atoms with E-state index in [4.69, 9.17) is 21.4 Å². The van der Waals surface area contributed by atoms with Crippen LogP contribution in [0.25, 0.3) is 0 Å². The van der Waals surface area contributed by atoms with Crippen molar-refractivity contribution >= 4 is 53.0 Å². The van der Waals surface area contributed by atoms with Crippen molar-refractivity contribution in [1.82, 2.24) is 0 Å². The molecule has 5 nitrogen and oxygen atoms in total. The number of rotatable bonds is 11. The zero-order valence-electron chi connectivity index (χ0n) is 25.2. The highest BCUT2D eigenvalue weighted by Crippen LogP contribution is 2.36. The van der Waals surface area contributed by atoms with Gasteiger partial charge in [-0.05, 0) is 61.8 Å². The molecule has 0 aromatic heterocycles. The molecule has 1 fully saturated rings. The molecule has 9 heteroatoms. The molecule has 0 saturated heterocycles. The predicted octanol–water partition coefficient (Wildman–Crippen LogP) is 8.76. The summed E-state index contributed by atoms with van der Waals surface area (Å²) in [5.41, 5.74) is 1.39. The molecule has 1 saturated carbocycles. The van der Waals surface area contributed by atoms with Crippen LogP contribution < -0.4 is 0 Å². The van der Waals surface area contributed by atoms with Gasteiger partial charge >= 0.3 is 11.9 Å². The van der Waals surface area contributed by atoms with Crippen molar-refractivity contribution in [2.45, 2.75) is 122 Å². The van der Waals surface area contributed by atoms with Crippen molar-refractivity contribution in [2.75, 3.05) is 0 Å². The summed E-state index contributed by atoms with van der Waals surface area (Å²) >= 11 is 5.22. The summed E-state index contributed by atoms with van der Waals surface area (Å²) in [4.78, 5) is 32.9. The number of halogens is 1. The molecule has 0 radical (unpaired) electrons. The molecule has 0 bridgehead atoms. The Bertz CT molecular complexity index is 786. The molecule has 1 N–H and O–H groups in total. The number of aliphatic carboxylic acids is 1. The molecule has 214 valence electrons. The maximum absolute atomic E-state index is 12.0. The zero-order valence-corrected chi connectivity index (χ0v) is 29.0. The van der Waals surface area contributed by atoms with Crippen molar-refractivity contribution in [3.05, 3.63) is 36.5 Å². The van der Waals surface area contributed by atoms with Gasteiger partial charge in [0.25, 0.3) is 0 Å². The van der Waals surface area contributed by atoms with E-state index in [9.17, 15) is 14.4 Å². The summed E-state index contributed by atoms with van der Waals surface area (Å²) in [6.07, 6.45) is 5.34. The van der Waals surface area contributed by atoms with Crippen LogP contribution in [0, 0.1) is 0 Å². The SMILES string of the molecule is C=C(C[Si](C)(C)C)C(=O)Cl.C=C(C[Si](C)(C)C)C(=O)O.C=C(C[Si](C)(C)C)C(=O)OC1(CC)CCCC1. The second kappa shape index (κ2) is 16.0.